The first-order chi connectivity index (χ1) is 9.56. The van der Waals surface area contributed by atoms with E-state index in [0.717, 1.165) is 0 Å². The smallest absolute Gasteiger partial charge is 0.339 e. The van der Waals surface area contributed by atoms with Gasteiger partial charge in [0, 0.05) is 30.7 Å². The maximum atomic E-state index is 11.1. The monoisotopic (exact) mass is 271 g/mol. The first kappa shape index (κ1) is 13.5. The van der Waals surface area contributed by atoms with Crippen LogP contribution in [0.3, 0.4) is 0 Å². The van der Waals surface area contributed by atoms with Gasteiger partial charge < -0.3 is 15.7 Å². The Morgan fingerprint density at radius 2 is 1.75 bits per heavy atom. The van der Waals surface area contributed by atoms with Crippen molar-refractivity contribution in [3.8, 4) is 0 Å². The van der Waals surface area contributed by atoms with Crippen molar-refractivity contribution in [3.05, 3.63) is 48.3 Å². The van der Waals surface area contributed by atoms with Crippen LogP contribution in [0.1, 0.15) is 17.3 Å². The number of anilines is 3. The Morgan fingerprint density at radius 1 is 1.10 bits per heavy atom. The summed E-state index contributed by atoms with van der Waals surface area (Å²) >= 11 is 0. The molecular formula is C14H13N3O3. The lowest BCUT2D eigenvalue weighted by atomic mass is 10.2. The predicted molar refractivity (Wildman–Crippen MR) is 75.2 cm³/mol. The minimum Gasteiger partial charge on any atom is -0.478 e. The number of aromatic nitrogens is 1. The van der Waals surface area contributed by atoms with Crippen molar-refractivity contribution in [1.82, 2.24) is 4.98 Å². The number of carbonyl (C=O) groups is 2. The Bertz CT molecular complexity index is 638. The summed E-state index contributed by atoms with van der Waals surface area (Å²) < 4.78 is 0. The molecule has 1 amide bonds. The fourth-order valence-corrected chi connectivity index (χ4v) is 1.67. The molecule has 2 rings (SSSR count). The van der Waals surface area contributed by atoms with Gasteiger partial charge in [-0.25, -0.2) is 4.79 Å². The van der Waals surface area contributed by atoms with Gasteiger partial charge >= 0.3 is 5.97 Å². The number of nitrogens with zero attached hydrogens (tertiary/aromatic N) is 1. The van der Waals surface area contributed by atoms with Gasteiger partial charge in [-0.3, -0.25) is 9.78 Å². The molecule has 0 saturated carbocycles. The Kier molecular flexibility index (Phi) is 3.95. The number of carbonyl (C=O) groups excluding carboxylic acids is 1. The fraction of sp³-hybridized carbons (Fsp3) is 0.0714. The number of rotatable bonds is 4. The van der Waals surface area contributed by atoms with Gasteiger partial charge in [0.05, 0.1) is 5.69 Å². The van der Waals surface area contributed by atoms with Crippen LogP contribution >= 0.6 is 0 Å². The molecule has 0 aliphatic heterocycles. The van der Waals surface area contributed by atoms with Crippen molar-refractivity contribution in [2.45, 2.75) is 6.92 Å². The van der Waals surface area contributed by atoms with E-state index < -0.39 is 5.97 Å². The van der Waals surface area contributed by atoms with Crippen LogP contribution in [-0.2, 0) is 4.79 Å². The molecule has 0 spiro atoms. The average molecular weight is 271 g/mol. The summed E-state index contributed by atoms with van der Waals surface area (Å²) in [6.07, 6.45) is 2.80. The minimum absolute atomic E-state index is 0.0958. The molecule has 0 saturated heterocycles. The molecule has 0 unspecified atom stereocenters. The van der Waals surface area contributed by atoms with Crippen LogP contribution in [0.15, 0.2) is 42.7 Å². The SMILES string of the molecule is CC(=O)Nc1ccc(Nc2ccncc2C(=O)O)cc1. The minimum atomic E-state index is -1.05. The largest absolute Gasteiger partial charge is 0.478 e. The van der Waals surface area contributed by atoms with Crippen molar-refractivity contribution in [1.29, 1.82) is 0 Å². The van der Waals surface area contributed by atoms with E-state index >= 15 is 0 Å². The summed E-state index contributed by atoms with van der Waals surface area (Å²) in [5.74, 6) is -1.19. The highest BCUT2D eigenvalue weighted by atomic mass is 16.4. The molecule has 0 aliphatic rings. The van der Waals surface area contributed by atoms with Crippen LogP contribution in [-0.4, -0.2) is 22.0 Å². The van der Waals surface area contributed by atoms with Crippen molar-refractivity contribution < 1.29 is 14.7 Å². The van der Waals surface area contributed by atoms with E-state index in [2.05, 4.69) is 15.6 Å². The highest BCUT2D eigenvalue weighted by Crippen LogP contribution is 2.21. The number of amides is 1. The third-order valence-corrected chi connectivity index (χ3v) is 2.54. The Balaban J connectivity index is 2.18. The van der Waals surface area contributed by atoms with E-state index in [0.29, 0.717) is 17.1 Å². The highest BCUT2D eigenvalue weighted by molar-refractivity contribution is 5.94. The van der Waals surface area contributed by atoms with E-state index in [1.165, 1.54) is 19.3 Å². The number of benzene rings is 1. The Hall–Kier alpha value is -2.89. The maximum Gasteiger partial charge on any atom is 0.339 e. The highest BCUT2D eigenvalue weighted by Gasteiger charge is 2.09. The quantitative estimate of drug-likeness (QED) is 0.794. The zero-order chi connectivity index (χ0) is 14.5. The van der Waals surface area contributed by atoms with Gasteiger partial charge in [-0.15, -0.1) is 0 Å². The molecule has 0 atom stereocenters. The van der Waals surface area contributed by atoms with Crippen LogP contribution < -0.4 is 10.6 Å². The first-order valence-electron chi connectivity index (χ1n) is 5.88. The van der Waals surface area contributed by atoms with Crippen LogP contribution in [0.25, 0.3) is 0 Å². The van der Waals surface area contributed by atoms with Gasteiger partial charge in [0.15, 0.2) is 0 Å². The lowest BCUT2D eigenvalue weighted by Crippen LogP contribution is -2.06. The molecule has 2 aromatic rings. The summed E-state index contributed by atoms with van der Waals surface area (Å²) in [7, 11) is 0. The summed E-state index contributed by atoms with van der Waals surface area (Å²) in [5.41, 5.74) is 1.95. The number of carboxylic acids is 1. The molecule has 3 N–H and O–H groups in total. The molecule has 20 heavy (non-hydrogen) atoms. The second kappa shape index (κ2) is 5.83. The Labute approximate surface area is 115 Å². The van der Waals surface area contributed by atoms with Crippen LogP contribution in [0, 0.1) is 0 Å². The zero-order valence-electron chi connectivity index (χ0n) is 10.8. The first-order valence-corrected chi connectivity index (χ1v) is 5.88. The lowest BCUT2D eigenvalue weighted by Gasteiger charge is -2.09. The normalized spacial score (nSPS) is 9.85. The molecule has 1 heterocycles. The van der Waals surface area contributed by atoms with Crippen molar-refractivity contribution >= 4 is 28.9 Å². The zero-order valence-corrected chi connectivity index (χ0v) is 10.8. The summed E-state index contributed by atoms with van der Waals surface area (Å²) in [4.78, 5) is 25.8. The standard InChI is InChI=1S/C14H13N3O3/c1-9(18)16-10-2-4-11(5-3-10)17-13-6-7-15-8-12(13)14(19)20/h2-8H,1H3,(H,15,17)(H,16,18)(H,19,20). The summed E-state index contributed by atoms with van der Waals surface area (Å²) in [5, 5.41) is 14.7. The third kappa shape index (κ3) is 3.32. The topological polar surface area (TPSA) is 91.3 Å². The second-order valence-corrected chi connectivity index (χ2v) is 4.11. The molecule has 0 bridgehead atoms. The molecule has 1 aromatic carbocycles. The lowest BCUT2D eigenvalue weighted by molar-refractivity contribution is -0.114. The molecule has 0 aliphatic carbocycles. The molecule has 6 nitrogen and oxygen atoms in total. The number of aromatic carboxylic acids is 1. The van der Waals surface area contributed by atoms with Crippen molar-refractivity contribution in [3.63, 3.8) is 0 Å². The molecule has 0 fully saturated rings. The van der Waals surface area contributed by atoms with Gasteiger partial charge in [-0.2, -0.15) is 0 Å². The van der Waals surface area contributed by atoms with E-state index in [4.69, 9.17) is 5.11 Å². The summed E-state index contributed by atoms with van der Waals surface area (Å²) in [6.45, 7) is 1.43. The third-order valence-electron chi connectivity index (χ3n) is 2.54. The van der Waals surface area contributed by atoms with E-state index in [1.807, 2.05) is 0 Å². The number of pyridine rings is 1. The molecular weight excluding hydrogens is 258 g/mol. The van der Waals surface area contributed by atoms with Gasteiger partial charge in [0.2, 0.25) is 5.91 Å². The second-order valence-electron chi connectivity index (χ2n) is 4.11. The molecule has 102 valence electrons. The van der Waals surface area contributed by atoms with Crippen LogP contribution in [0.2, 0.25) is 0 Å². The van der Waals surface area contributed by atoms with Crippen LogP contribution in [0.5, 0.6) is 0 Å². The Morgan fingerprint density at radius 3 is 2.35 bits per heavy atom. The summed E-state index contributed by atoms with van der Waals surface area (Å²) in [6, 6.07) is 8.54. The van der Waals surface area contributed by atoms with E-state index in [-0.39, 0.29) is 11.5 Å². The number of nitrogens with one attached hydrogen (secondary N) is 2. The van der Waals surface area contributed by atoms with Crippen molar-refractivity contribution in [2.24, 2.45) is 0 Å². The van der Waals surface area contributed by atoms with Crippen molar-refractivity contribution in [2.75, 3.05) is 10.6 Å². The van der Waals surface area contributed by atoms with Crippen LogP contribution in [0.4, 0.5) is 17.1 Å². The predicted octanol–water partition coefficient (Wildman–Crippen LogP) is 2.48. The van der Waals surface area contributed by atoms with E-state index in [9.17, 15) is 9.59 Å². The fourth-order valence-electron chi connectivity index (χ4n) is 1.67. The van der Waals surface area contributed by atoms with Gasteiger partial charge in [0.1, 0.15) is 5.56 Å². The average Bonchev–Trinajstić information content (AvgIpc) is 2.41. The maximum absolute atomic E-state index is 11.1. The number of carboxylic acid groups (broad SMARTS) is 1. The van der Waals surface area contributed by atoms with Gasteiger partial charge in [-0.1, -0.05) is 0 Å². The van der Waals surface area contributed by atoms with E-state index in [1.54, 1.807) is 30.3 Å². The molecule has 1 aromatic heterocycles. The number of hydrogen-bond donors (Lipinski definition) is 3. The van der Waals surface area contributed by atoms with Gasteiger partial charge in [0.25, 0.3) is 0 Å². The molecule has 6 heteroatoms. The molecule has 0 radical (unpaired) electrons. The van der Waals surface area contributed by atoms with Gasteiger partial charge in [-0.05, 0) is 30.3 Å². The number of hydrogen-bond acceptors (Lipinski definition) is 4.